The van der Waals surface area contributed by atoms with Gasteiger partial charge < -0.3 is 19.9 Å². The molecule has 0 radical (unpaired) electrons. The van der Waals surface area contributed by atoms with E-state index in [0.717, 1.165) is 29.7 Å². The number of methoxy groups -OCH3 is 1. The zero-order valence-electron chi connectivity index (χ0n) is 17.5. The van der Waals surface area contributed by atoms with Gasteiger partial charge in [0.05, 0.1) is 7.11 Å². The first-order chi connectivity index (χ1) is 15.0. The summed E-state index contributed by atoms with van der Waals surface area (Å²) in [5.74, 6) is 1.59. The monoisotopic (exact) mass is 420 g/mol. The van der Waals surface area contributed by atoms with Crippen molar-refractivity contribution in [3.05, 3.63) is 53.9 Å². The second kappa shape index (κ2) is 8.99. The number of aryl methyl sites for hydroxylation is 2. The summed E-state index contributed by atoms with van der Waals surface area (Å²) in [6.07, 6.45) is 2.41. The van der Waals surface area contributed by atoms with E-state index >= 15 is 0 Å². The van der Waals surface area contributed by atoms with E-state index in [1.807, 2.05) is 43.3 Å². The smallest absolute Gasteiger partial charge is 0.227 e. The zero-order chi connectivity index (χ0) is 21.8. The molecule has 8 nitrogen and oxygen atoms in total. The number of hydrogen-bond acceptors (Lipinski definition) is 6. The minimum atomic E-state index is -0.169. The SMILES string of the molecule is COc1ccc(-c2noc(CCC(=O)Nc3cc(NC(=O)C4CC4)ccc3C)n2)cc1. The second-order valence-electron chi connectivity index (χ2n) is 7.58. The van der Waals surface area contributed by atoms with Gasteiger partial charge in [0.2, 0.25) is 23.5 Å². The molecule has 1 heterocycles. The molecule has 8 heteroatoms. The Morgan fingerprint density at radius 1 is 1.13 bits per heavy atom. The molecule has 1 aliphatic rings. The summed E-state index contributed by atoms with van der Waals surface area (Å²) in [6, 6.07) is 12.8. The molecule has 3 aromatic rings. The minimum absolute atomic E-state index is 0.0326. The third kappa shape index (κ3) is 5.28. The second-order valence-corrected chi connectivity index (χ2v) is 7.58. The molecule has 0 saturated heterocycles. The van der Waals surface area contributed by atoms with E-state index in [1.165, 1.54) is 0 Å². The van der Waals surface area contributed by atoms with Gasteiger partial charge in [0.25, 0.3) is 0 Å². The largest absolute Gasteiger partial charge is 0.497 e. The number of benzene rings is 2. The number of nitrogens with zero attached hydrogens (tertiary/aromatic N) is 2. The molecule has 0 atom stereocenters. The van der Waals surface area contributed by atoms with Crippen LogP contribution in [0, 0.1) is 12.8 Å². The molecule has 1 aliphatic carbocycles. The number of rotatable bonds is 8. The van der Waals surface area contributed by atoms with Crippen LogP contribution in [0.25, 0.3) is 11.4 Å². The van der Waals surface area contributed by atoms with Crippen molar-refractivity contribution in [1.29, 1.82) is 0 Å². The Hall–Kier alpha value is -3.68. The third-order valence-electron chi connectivity index (χ3n) is 5.11. The first-order valence-electron chi connectivity index (χ1n) is 10.2. The molecule has 2 aromatic carbocycles. The minimum Gasteiger partial charge on any atom is -0.497 e. The van der Waals surface area contributed by atoms with Crippen LogP contribution in [0.2, 0.25) is 0 Å². The Morgan fingerprint density at radius 3 is 2.61 bits per heavy atom. The van der Waals surface area contributed by atoms with Crippen molar-refractivity contribution in [2.24, 2.45) is 5.92 Å². The summed E-state index contributed by atoms with van der Waals surface area (Å²) in [4.78, 5) is 28.8. The van der Waals surface area contributed by atoms with Crippen molar-refractivity contribution in [2.45, 2.75) is 32.6 Å². The Labute approximate surface area is 180 Å². The van der Waals surface area contributed by atoms with Crippen molar-refractivity contribution in [3.8, 4) is 17.1 Å². The maximum absolute atomic E-state index is 12.4. The van der Waals surface area contributed by atoms with Gasteiger partial charge in [-0.1, -0.05) is 11.2 Å². The summed E-state index contributed by atoms with van der Waals surface area (Å²) < 4.78 is 10.4. The van der Waals surface area contributed by atoms with Crippen LogP contribution in [0.5, 0.6) is 5.75 Å². The maximum Gasteiger partial charge on any atom is 0.227 e. The topological polar surface area (TPSA) is 106 Å². The molecule has 0 aliphatic heterocycles. The van der Waals surface area contributed by atoms with Gasteiger partial charge in [-0.25, -0.2) is 0 Å². The predicted octanol–water partition coefficient (Wildman–Crippen LogP) is 3.97. The lowest BCUT2D eigenvalue weighted by atomic mass is 10.1. The van der Waals surface area contributed by atoms with Crippen LogP contribution in [0.15, 0.2) is 47.0 Å². The van der Waals surface area contributed by atoms with E-state index in [9.17, 15) is 9.59 Å². The highest BCUT2D eigenvalue weighted by Crippen LogP contribution is 2.31. The van der Waals surface area contributed by atoms with Gasteiger partial charge >= 0.3 is 0 Å². The van der Waals surface area contributed by atoms with Crippen molar-refractivity contribution in [1.82, 2.24) is 10.1 Å². The Bertz CT molecular complexity index is 1090. The maximum atomic E-state index is 12.4. The lowest BCUT2D eigenvalue weighted by Gasteiger charge is -2.11. The standard InChI is InChI=1S/C23H24N4O4/c1-14-3-8-17(24-23(29)16-4-5-16)13-19(14)25-20(28)11-12-21-26-22(27-31-21)15-6-9-18(30-2)10-7-15/h3,6-10,13,16H,4-5,11-12H2,1-2H3,(H,24,29)(H,25,28). The van der Waals surface area contributed by atoms with Crippen molar-refractivity contribution in [2.75, 3.05) is 17.7 Å². The number of carbonyl (C=O) groups is 2. The molecular formula is C23H24N4O4. The molecule has 31 heavy (non-hydrogen) atoms. The molecule has 0 spiro atoms. The fraction of sp³-hybridized carbons (Fsp3) is 0.304. The van der Waals surface area contributed by atoms with E-state index in [1.54, 1.807) is 13.2 Å². The van der Waals surface area contributed by atoms with Crippen LogP contribution in [0.4, 0.5) is 11.4 Å². The van der Waals surface area contributed by atoms with Crippen molar-refractivity contribution < 1.29 is 18.8 Å². The van der Waals surface area contributed by atoms with Crippen LogP contribution in [0.3, 0.4) is 0 Å². The Kier molecular flexibility index (Phi) is 5.97. The Balaban J connectivity index is 1.33. The quantitative estimate of drug-likeness (QED) is 0.571. The molecule has 1 aromatic heterocycles. The van der Waals surface area contributed by atoms with Crippen molar-refractivity contribution in [3.63, 3.8) is 0 Å². The number of carbonyl (C=O) groups excluding carboxylic acids is 2. The van der Waals surface area contributed by atoms with Crippen molar-refractivity contribution >= 4 is 23.2 Å². The first kappa shape index (κ1) is 20.6. The molecule has 0 bridgehead atoms. The van der Waals surface area contributed by atoms with Crippen LogP contribution < -0.4 is 15.4 Å². The highest BCUT2D eigenvalue weighted by atomic mass is 16.5. The highest BCUT2D eigenvalue weighted by Gasteiger charge is 2.29. The first-order valence-corrected chi connectivity index (χ1v) is 10.2. The van der Waals surface area contributed by atoms with Gasteiger partial charge in [-0.05, 0) is 61.7 Å². The van der Waals surface area contributed by atoms with Gasteiger partial charge in [0.1, 0.15) is 5.75 Å². The summed E-state index contributed by atoms with van der Waals surface area (Å²) in [5, 5.41) is 9.77. The van der Waals surface area contributed by atoms with E-state index in [0.29, 0.717) is 29.5 Å². The van der Waals surface area contributed by atoms with Gasteiger partial charge in [-0.3, -0.25) is 9.59 Å². The van der Waals surface area contributed by atoms with E-state index in [2.05, 4.69) is 20.8 Å². The molecule has 160 valence electrons. The molecule has 2 N–H and O–H groups in total. The predicted molar refractivity (Wildman–Crippen MR) is 116 cm³/mol. The fourth-order valence-corrected chi connectivity index (χ4v) is 3.07. The van der Waals surface area contributed by atoms with E-state index < -0.39 is 0 Å². The zero-order valence-corrected chi connectivity index (χ0v) is 17.5. The van der Waals surface area contributed by atoms with Gasteiger partial charge in [0.15, 0.2) is 0 Å². The summed E-state index contributed by atoms with van der Waals surface area (Å²) >= 11 is 0. The summed E-state index contributed by atoms with van der Waals surface area (Å²) in [5.41, 5.74) is 3.07. The number of ether oxygens (including phenoxy) is 1. The van der Waals surface area contributed by atoms with E-state index in [-0.39, 0.29) is 24.2 Å². The summed E-state index contributed by atoms with van der Waals surface area (Å²) in [6.45, 7) is 1.90. The van der Waals surface area contributed by atoms with Gasteiger partial charge in [-0.15, -0.1) is 0 Å². The van der Waals surface area contributed by atoms with Crippen LogP contribution in [0.1, 0.15) is 30.7 Å². The molecule has 4 rings (SSSR count). The fourth-order valence-electron chi connectivity index (χ4n) is 3.07. The number of anilines is 2. The molecule has 1 saturated carbocycles. The molecule has 2 amide bonds. The number of amides is 2. The lowest BCUT2D eigenvalue weighted by Crippen LogP contribution is -2.15. The number of nitrogens with one attached hydrogen (secondary N) is 2. The van der Waals surface area contributed by atoms with Crippen LogP contribution >= 0.6 is 0 Å². The molecule has 0 unspecified atom stereocenters. The summed E-state index contributed by atoms with van der Waals surface area (Å²) in [7, 11) is 1.61. The average Bonchev–Trinajstić information content (AvgIpc) is 3.53. The van der Waals surface area contributed by atoms with Crippen LogP contribution in [-0.2, 0) is 16.0 Å². The Morgan fingerprint density at radius 2 is 1.90 bits per heavy atom. The third-order valence-corrected chi connectivity index (χ3v) is 5.11. The van der Waals surface area contributed by atoms with E-state index in [4.69, 9.17) is 9.26 Å². The lowest BCUT2D eigenvalue weighted by molar-refractivity contribution is -0.117. The van der Waals surface area contributed by atoms with Crippen LogP contribution in [-0.4, -0.2) is 29.1 Å². The average molecular weight is 420 g/mol. The highest BCUT2D eigenvalue weighted by molar-refractivity contribution is 5.96. The molecule has 1 fully saturated rings. The number of hydrogen-bond donors (Lipinski definition) is 2. The molecular weight excluding hydrogens is 396 g/mol. The van der Waals surface area contributed by atoms with Gasteiger partial charge in [-0.2, -0.15) is 4.98 Å². The van der Waals surface area contributed by atoms with Gasteiger partial charge in [0, 0.05) is 35.7 Å². The normalized spacial score (nSPS) is 13.0. The number of aromatic nitrogens is 2.